The molecule has 1 aliphatic heterocycles. The lowest BCUT2D eigenvalue weighted by Crippen LogP contribution is -2.38. The summed E-state index contributed by atoms with van der Waals surface area (Å²) in [6.45, 7) is 1.87. The highest BCUT2D eigenvalue weighted by molar-refractivity contribution is 6.30. The first-order chi connectivity index (χ1) is 13.0. The van der Waals surface area contributed by atoms with Crippen LogP contribution in [0.1, 0.15) is 17.5 Å². The molecule has 1 heterocycles. The van der Waals surface area contributed by atoms with Gasteiger partial charge in [-0.3, -0.25) is 4.79 Å². The van der Waals surface area contributed by atoms with E-state index in [4.69, 9.17) is 11.6 Å². The Bertz CT molecular complexity index is 796. The lowest BCUT2D eigenvalue weighted by Gasteiger charge is -2.17. The summed E-state index contributed by atoms with van der Waals surface area (Å²) in [4.78, 5) is 25.8. The minimum absolute atomic E-state index is 0.0488. The smallest absolute Gasteiger partial charge is 0.315 e. The van der Waals surface area contributed by atoms with Crippen LogP contribution in [0.4, 0.5) is 9.18 Å². The van der Waals surface area contributed by atoms with Crippen molar-refractivity contribution in [3.8, 4) is 0 Å². The molecule has 2 N–H and O–H groups in total. The molecule has 27 heavy (non-hydrogen) atoms. The number of nitrogens with zero attached hydrogens (tertiary/aromatic N) is 1. The molecule has 0 aromatic heterocycles. The SMILES string of the molecule is O=C(NCc1ccc(Cl)cc1)NC[C@@H]1CC(=O)N(Cc2ccc(F)cc2)C1. The second kappa shape index (κ2) is 8.86. The number of likely N-dealkylation sites (tertiary alicyclic amines) is 1. The summed E-state index contributed by atoms with van der Waals surface area (Å²) < 4.78 is 13.0. The molecule has 0 aliphatic carbocycles. The Morgan fingerprint density at radius 1 is 1.07 bits per heavy atom. The van der Waals surface area contributed by atoms with Crippen LogP contribution >= 0.6 is 11.6 Å². The van der Waals surface area contributed by atoms with Crippen molar-refractivity contribution in [2.75, 3.05) is 13.1 Å². The molecule has 7 heteroatoms. The summed E-state index contributed by atoms with van der Waals surface area (Å²) in [7, 11) is 0. The number of urea groups is 1. The first kappa shape index (κ1) is 19.2. The van der Waals surface area contributed by atoms with E-state index in [0.717, 1.165) is 11.1 Å². The Hall–Kier alpha value is -2.60. The highest BCUT2D eigenvalue weighted by Crippen LogP contribution is 2.19. The van der Waals surface area contributed by atoms with Crippen molar-refractivity contribution in [1.29, 1.82) is 0 Å². The maximum Gasteiger partial charge on any atom is 0.315 e. The molecule has 0 bridgehead atoms. The van der Waals surface area contributed by atoms with Gasteiger partial charge in [-0.1, -0.05) is 35.9 Å². The summed E-state index contributed by atoms with van der Waals surface area (Å²) in [5.74, 6) is -0.176. The molecule has 1 saturated heterocycles. The standard InChI is InChI=1S/C20H21ClFN3O2/c21-17-5-1-14(2-6-17)10-23-20(27)24-11-16-9-19(26)25(13-16)12-15-3-7-18(22)8-4-15/h1-8,16H,9-13H2,(H2,23,24,27)/t16-/m0/s1. The maximum atomic E-state index is 13.0. The van der Waals surface area contributed by atoms with Crippen LogP contribution in [-0.4, -0.2) is 29.9 Å². The summed E-state index contributed by atoms with van der Waals surface area (Å²) >= 11 is 5.83. The van der Waals surface area contributed by atoms with Gasteiger partial charge in [0.05, 0.1) is 0 Å². The molecule has 2 aromatic rings. The molecule has 2 aromatic carbocycles. The Labute approximate surface area is 162 Å². The van der Waals surface area contributed by atoms with Crippen LogP contribution in [0.3, 0.4) is 0 Å². The average Bonchev–Trinajstić information content (AvgIpc) is 3.01. The van der Waals surface area contributed by atoms with Crippen molar-refractivity contribution in [1.82, 2.24) is 15.5 Å². The van der Waals surface area contributed by atoms with E-state index in [0.29, 0.717) is 37.6 Å². The molecular formula is C20H21ClFN3O2. The third-order valence-electron chi connectivity index (χ3n) is 4.50. The Morgan fingerprint density at radius 2 is 1.74 bits per heavy atom. The van der Waals surface area contributed by atoms with Crippen molar-refractivity contribution in [3.63, 3.8) is 0 Å². The van der Waals surface area contributed by atoms with E-state index in [1.807, 2.05) is 12.1 Å². The van der Waals surface area contributed by atoms with Gasteiger partial charge < -0.3 is 15.5 Å². The second-order valence-corrected chi connectivity index (χ2v) is 7.10. The van der Waals surface area contributed by atoms with E-state index in [1.54, 1.807) is 29.2 Å². The molecule has 5 nitrogen and oxygen atoms in total. The van der Waals surface area contributed by atoms with Gasteiger partial charge >= 0.3 is 6.03 Å². The Balaban J connectivity index is 1.40. The molecule has 142 valence electrons. The minimum atomic E-state index is -0.293. The van der Waals surface area contributed by atoms with Gasteiger partial charge in [-0.25, -0.2) is 9.18 Å². The number of nitrogens with one attached hydrogen (secondary N) is 2. The zero-order valence-electron chi connectivity index (χ0n) is 14.8. The number of halogens is 2. The Kier molecular flexibility index (Phi) is 6.29. The number of hydrogen-bond donors (Lipinski definition) is 2. The van der Waals surface area contributed by atoms with Gasteiger partial charge in [-0.05, 0) is 35.4 Å². The van der Waals surface area contributed by atoms with E-state index in [-0.39, 0.29) is 23.7 Å². The number of carbonyl (C=O) groups is 2. The second-order valence-electron chi connectivity index (χ2n) is 6.66. The predicted molar refractivity (Wildman–Crippen MR) is 102 cm³/mol. The van der Waals surface area contributed by atoms with Crippen molar-refractivity contribution in [2.45, 2.75) is 19.5 Å². The molecule has 1 fully saturated rings. The quantitative estimate of drug-likeness (QED) is 0.796. The number of amides is 3. The molecule has 3 rings (SSSR count). The molecule has 0 saturated carbocycles. The van der Waals surface area contributed by atoms with Crippen LogP contribution in [0.15, 0.2) is 48.5 Å². The lowest BCUT2D eigenvalue weighted by molar-refractivity contribution is -0.128. The minimum Gasteiger partial charge on any atom is -0.338 e. The highest BCUT2D eigenvalue weighted by atomic mass is 35.5. The van der Waals surface area contributed by atoms with E-state index < -0.39 is 0 Å². The van der Waals surface area contributed by atoms with Crippen LogP contribution in [0.2, 0.25) is 5.02 Å². The largest absolute Gasteiger partial charge is 0.338 e. The third kappa shape index (κ3) is 5.69. The summed E-state index contributed by atoms with van der Waals surface area (Å²) in [6, 6.07) is 13.1. The zero-order chi connectivity index (χ0) is 19.2. The number of hydrogen-bond acceptors (Lipinski definition) is 2. The summed E-state index contributed by atoms with van der Waals surface area (Å²) in [5, 5.41) is 6.25. The normalized spacial score (nSPS) is 16.4. The molecule has 0 radical (unpaired) electrons. The molecular weight excluding hydrogens is 369 g/mol. The highest BCUT2D eigenvalue weighted by Gasteiger charge is 2.29. The number of rotatable bonds is 6. The fourth-order valence-corrected chi connectivity index (χ4v) is 3.16. The van der Waals surface area contributed by atoms with Crippen molar-refractivity contribution in [3.05, 3.63) is 70.5 Å². The van der Waals surface area contributed by atoms with Gasteiger partial charge in [0.15, 0.2) is 0 Å². The topological polar surface area (TPSA) is 61.4 Å². The van der Waals surface area contributed by atoms with E-state index >= 15 is 0 Å². The molecule has 0 unspecified atom stereocenters. The molecule has 1 atom stereocenters. The van der Waals surface area contributed by atoms with Crippen LogP contribution < -0.4 is 10.6 Å². The van der Waals surface area contributed by atoms with Crippen molar-refractivity contribution < 1.29 is 14.0 Å². The fraction of sp³-hybridized carbons (Fsp3) is 0.300. The first-order valence-electron chi connectivity index (χ1n) is 8.78. The van der Waals surface area contributed by atoms with Gasteiger partial charge in [-0.15, -0.1) is 0 Å². The van der Waals surface area contributed by atoms with Gasteiger partial charge in [0.25, 0.3) is 0 Å². The van der Waals surface area contributed by atoms with Crippen LogP contribution in [0.5, 0.6) is 0 Å². The predicted octanol–water partition coefficient (Wildman–Crippen LogP) is 3.33. The Morgan fingerprint density at radius 3 is 2.44 bits per heavy atom. The maximum absolute atomic E-state index is 13.0. The lowest BCUT2D eigenvalue weighted by atomic mass is 10.1. The van der Waals surface area contributed by atoms with Gasteiger partial charge in [0.2, 0.25) is 5.91 Å². The third-order valence-corrected chi connectivity index (χ3v) is 4.75. The van der Waals surface area contributed by atoms with E-state index in [2.05, 4.69) is 10.6 Å². The zero-order valence-corrected chi connectivity index (χ0v) is 15.5. The van der Waals surface area contributed by atoms with Crippen molar-refractivity contribution in [2.24, 2.45) is 5.92 Å². The van der Waals surface area contributed by atoms with Crippen LogP contribution in [-0.2, 0) is 17.9 Å². The molecule has 3 amide bonds. The summed E-state index contributed by atoms with van der Waals surface area (Å²) in [5.41, 5.74) is 1.84. The summed E-state index contributed by atoms with van der Waals surface area (Å²) in [6.07, 6.45) is 0.401. The number of benzene rings is 2. The van der Waals surface area contributed by atoms with Gasteiger partial charge in [-0.2, -0.15) is 0 Å². The van der Waals surface area contributed by atoms with Crippen LogP contribution in [0.25, 0.3) is 0 Å². The van der Waals surface area contributed by atoms with Gasteiger partial charge in [0.1, 0.15) is 5.82 Å². The fourth-order valence-electron chi connectivity index (χ4n) is 3.04. The first-order valence-corrected chi connectivity index (χ1v) is 9.16. The average molecular weight is 390 g/mol. The van der Waals surface area contributed by atoms with Crippen molar-refractivity contribution >= 4 is 23.5 Å². The van der Waals surface area contributed by atoms with Gasteiger partial charge in [0, 0.05) is 43.5 Å². The molecule has 1 aliphatic rings. The molecule has 0 spiro atoms. The number of carbonyl (C=O) groups excluding carboxylic acids is 2. The van der Waals surface area contributed by atoms with E-state index in [9.17, 15) is 14.0 Å². The van der Waals surface area contributed by atoms with E-state index in [1.165, 1.54) is 12.1 Å². The van der Waals surface area contributed by atoms with Crippen LogP contribution in [0, 0.1) is 11.7 Å². The monoisotopic (exact) mass is 389 g/mol.